The first-order valence-corrected chi connectivity index (χ1v) is 3.60. The van der Waals surface area contributed by atoms with E-state index in [-0.39, 0.29) is 0 Å². The van der Waals surface area contributed by atoms with Crippen LogP contribution in [-0.4, -0.2) is 29.1 Å². The minimum atomic E-state index is -1.64. The van der Waals surface area contributed by atoms with E-state index in [0.717, 1.165) is 0 Å². The molecule has 1 aliphatic rings. The molecule has 1 rings (SSSR count). The third-order valence-corrected chi connectivity index (χ3v) is 1.95. The minimum Gasteiger partial charge on any atom is -0.316 e. The van der Waals surface area contributed by atoms with Crippen LogP contribution in [0.5, 0.6) is 0 Å². The van der Waals surface area contributed by atoms with Crippen molar-refractivity contribution < 1.29 is 9.85 Å². The van der Waals surface area contributed by atoms with E-state index < -0.39 is 21.9 Å². The Morgan fingerprint density at radius 1 is 1.33 bits per heavy atom. The van der Waals surface area contributed by atoms with Gasteiger partial charge in [0.25, 0.3) is 0 Å². The van der Waals surface area contributed by atoms with Crippen molar-refractivity contribution in [2.24, 2.45) is 5.92 Å². The first-order valence-electron chi connectivity index (χ1n) is 3.60. The smallest absolute Gasteiger partial charge is 0.316 e. The van der Waals surface area contributed by atoms with Crippen LogP contribution in [0, 0.1) is 26.1 Å². The van der Waals surface area contributed by atoms with Gasteiger partial charge in [-0.2, -0.15) is 0 Å². The molecular weight excluding hydrogens is 166 g/mol. The van der Waals surface area contributed by atoms with E-state index in [1.165, 1.54) is 0 Å². The van der Waals surface area contributed by atoms with Gasteiger partial charge in [0.15, 0.2) is 0 Å². The molecule has 1 N–H and O–H groups in total. The van der Waals surface area contributed by atoms with E-state index in [1.54, 1.807) is 0 Å². The molecule has 0 amide bonds. The molecule has 1 saturated heterocycles. The minimum absolute atomic E-state index is 0.368. The lowest BCUT2D eigenvalue weighted by molar-refractivity contribution is -0.750. The molecule has 7 nitrogen and oxygen atoms in total. The van der Waals surface area contributed by atoms with Crippen LogP contribution in [0.2, 0.25) is 0 Å². The standard InChI is InChI=1S/C5H9N3O4/c9-7(10)5(8(11)12)4-1-2-6-3-4/h4-6H,1-3H2. The van der Waals surface area contributed by atoms with E-state index in [0.29, 0.717) is 19.5 Å². The maximum Gasteiger partial charge on any atom is 0.454 e. The highest BCUT2D eigenvalue weighted by atomic mass is 16.7. The number of rotatable bonds is 3. The fraction of sp³-hybridized carbons (Fsp3) is 1.00. The summed E-state index contributed by atoms with van der Waals surface area (Å²) in [7, 11) is 0. The Hall–Kier alpha value is -1.24. The van der Waals surface area contributed by atoms with E-state index in [9.17, 15) is 20.2 Å². The molecule has 0 saturated carbocycles. The average Bonchev–Trinajstić information content (AvgIpc) is 2.37. The summed E-state index contributed by atoms with van der Waals surface area (Å²) in [6.45, 7) is 0.996. The first kappa shape index (κ1) is 8.85. The van der Waals surface area contributed by atoms with Crippen LogP contribution >= 0.6 is 0 Å². The van der Waals surface area contributed by atoms with Gasteiger partial charge in [0.2, 0.25) is 0 Å². The van der Waals surface area contributed by atoms with Crippen molar-refractivity contribution in [2.45, 2.75) is 12.6 Å². The number of nitro groups is 2. The summed E-state index contributed by atoms with van der Waals surface area (Å²) in [5.74, 6) is -0.463. The lowest BCUT2D eigenvalue weighted by Crippen LogP contribution is -2.37. The molecule has 0 bridgehead atoms. The summed E-state index contributed by atoms with van der Waals surface area (Å²) in [4.78, 5) is 18.9. The Balaban J connectivity index is 2.64. The Bertz CT molecular complexity index is 187. The molecule has 1 heterocycles. The van der Waals surface area contributed by atoms with Crippen LogP contribution < -0.4 is 5.32 Å². The number of hydrogen-bond acceptors (Lipinski definition) is 5. The number of nitrogens with zero attached hydrogens (tertiary/aromatic N) is 2. The number of hydrogen-bond donors (Lipinski definition) is 1. The van der Waals surface area contributed by atoms with Crippen LogP contribution in [0.1, 0.15) is 6.42 Å². The van der Waals surface area contributed by atoms with Crippen LogP contribution in [0.3, 0.4) is 0 Å². The van der Waals surface area contributed by atoms with Crippen LogP contribution in [0.4, 0.5) is 0 Å². The van der Waals surface area contributed by atoms with Crippen molar-refractivity contribution in [3.63, 3.8) is 0 Å². The zero-order chi connectivity index (χ0) is 9.14. The second-order valence-electron chi connectivity index (χ2n) is 2.74. The van der Waals surface area contributed by atoms with E-state index in [4.69, 9.17) is 0 Å². The molecule has 1 atom stereocenters. The van der Waals surface area contributed by atoms with Gasteiger partial charge in [-0.05, 0) is 13.0 Å². The van der Waals surface area contributed by atoms with Crippen LogP contribution in [0.25, 0.3) is 0 Å². The predicted octanol–water partition coefficient (Wildman–Crippen LogP) is -0.525. The van der Waals surface area contributed by atoms with Gasteiger partial charge in [-0.3, -0.25) is 20.2 Å². The number of nitrogens with one attached hydrogen (secondary N) is 1. The zero-order valence-electron chi connectivity index (χ0n) is 6.30. The molecule has 68 valence electrons. The van der Waals surface area contributed by atoms with Crippen molar-refractivity contribution in [1.82, 2.24) is 5.32 Å². The van der Waals surface area contributed by atoms with Crippen molar-refractivity contribution in [2.75, 3.05) is 13.1 Å². The van der Waals surface area contributed by atoms with Crippen LogP contribution in [-0.2, 0) is 0 Å². The average molecular weight is 175 g/mol. The summed E-state index contributed by atoms with van der Waals surface area (Å²) >= 11 is 0. The Morgan fingerprint density at radius 3 is 2.25 bits per heavy atom. The molecule has 0 aromatic heterocycles. The first-order chi connectivity index (χ1) is 5.63. The zero-order valence-corrected chi connectivity index (χ0v) is 6.30. The molecule has 0 aromatic rings. The molecule has 1 fully saturated rings. The highest BCUT2D eigenvalue weighted by Gasteiger charge is 2.43. The molecule has 0 radical (unpaired) electrons. The van der Waals surface area contributed by atoms with Gasteiger partial charge in [-0.15, -0.1) is 0 Å². The SMILES string of the molecule is O=[N+]([O-])C(C1CCNC1)[N+](=O)[O-]. The monoisotopic (exact) mass is 175 g/mol. The molecule has 7 heteroatoms. The molecule has 1 aliphatic heterocycles. The molecule has 0 aliphatic carbocycles. The van der Waals surface area contributed by atoms with Gasteiger partial charge in [0.1, 0.15) is 5.92 Å². The third-order valence-electron chi connectivity index (χ3n) is 1.95. The Labute approximate surface area is 68.0 Å². The van der Waals surface area contributed by atoms with Crippen molar-refractivity contribution in [3.05, 3.63) is 20.2 Å². The third kappa shape index (κ3) is 1.67. The lowest BCUT2D eigenvalue weighted by atomic mass is 10.1. The summed E-state index contributed by atoms with van der Waals surface area (Å²) in [6, 6.07) is 0. The van der Waals surface area contributed by atoms with Gasteiger partial charge in [0, 0.05) is 6.54 Å². The summed E-state index contributed by atoms with van der Waals surface area (Å²) in [6.07, 6.45) is -1.13. The highest BCUT2D eigenvalue weighted by molar-refractivity contribution is 4.72. The van der Waals surface area contributed by atoms with Crippen LogP contribution in [0.15, 0.2) is 0 Å². The normalized spacial score (nSPS) is 22.9. The molecule has 0 aromatic carbocycles. The molecule has 0 spiro atoms. The van der Waals surface area contributed by atoms with Gasteiger partial charge < -0.3 is 5.32 Å². The molecule has 12 heavy (non-hydrogen) atoms. The van der Waals surface area contributed by atoms with Gasteiger partial charge in [-0.25, -0.2) is 0 Å². The predicted molar refractivity (Wildman–Crippen MR) is 38.8 cm³/mol. The van der Waals surface area contributed by atoms with Crippen molar-refractivity contribution in [3.8, 4) is 0 Å². The topological polar surface area (TPSA) is 98.3 Å². The fourth-order valence-corrected chi connectivity index (χ4v) is 1.35. The lowest BCUT2D eigenvalue weighted by Gasteiger charge is -2.06. The maximum atomic E-state index is 10.3. The van der Waals surface area contributed by atoms with Crippen molar-refractivity contribution in [1.29, 1.82) is 0 Å². The van der Waals surface area contributed by atoms with Crippen molar-refractivity contribution >= 4 is 0 Å². The second kappa shape index (κ2) is 3.44. The quantitative estimate of drug-likeness (QED) is 0.353. The van der Waals surface area contributed by atoms with E-state index in [2.05, 4.69) is 5.32 Å². The summed E-state index contributed by atoms with van der Waals surface area (Å²) < 4.78 is 0. The maximum absolute atomic E-state index is 10.3. The van der Waals surface area contributed by atoms with Gasteiger partial charge in [-0.1, -0.05) is 0 Å². The molecule has 1 unspecified atom stereocenters. The Morgan fingerprint density at radius 2 is 1.92 bits per heavy atom. The van der Waals surface area contributed by atoms with E-state index >= 15 is 0 Å². The van der Waals surface area contributed by atoms with Gasteiger partial charge in [0.05, 0.1) is 9.85 Å². The summed E-state index contributed by atoms with van der Waals surface area (Å²) in [5.41, 5.74) is 0. The Kier molecular flexibility index (Phi) is 2.54. The van der Waals surface area contributed by atoms with E-state index in [1.807, 2.05) is 0 Å². The summed E-state index contributed by atoms with van der Waals surface area (Å²) in [5, 5.41) is 23.4. The fourth-order valence-electron chi connectivity index (χ4n) is 1.35. The second-order valence-corrected chi connectivity index (χ2v) is 2.74. The highest BCUT2D eigenvalue weighted by Crippen LogP contribution is 2.15. The van der Waals surface area contributed by atoms with Gasteiger partial charge >= 0.3 is 6.17 Å². The largest absolute Gasteiger partial charge is 0.454 e. The molecular formula is C5H9N3O4.